The van der Waals surface area contributed by atoms with E-state index in [4.69, 9.17) is 4.74 Å². The van der Waals surface area contributed by atoms with Crippen LogP contribution in [-0.4, -0.2) is 12.4 Å². The van der Waals surface area contributed by atoms with Crippen LogP contribution in [0.4, 0.5) is 0 Å². The molecule has 0 spiro atoms. The Morgan fingerprint density at radius 1 is 1.11 bits per heavy atom. The minimum absolute atomic E-state index is 0.422. The third-order valence-corrected chi connectivity index (χ3v) is 3.39. The van der Waals surface area contributed by atoms with E-state index in [1.807, 2.05) is 30.3 Å². The third kappa shape index (κ3) is 2.68. The first kappa shape index (κ1) is 12.0. The highest BCUT2D eigenvalue weighted by atomic mass is 16.5. The predicted molar refractivity (Wildman–Crippen MR) is 75.7 cm³/mol. The van der Waals surface area contributed by atoms with E-state index in [0.29, 0.717) is 11.7 Å². The molecule has 3 rings (SSSR count). The largest absolute Gasteiger partial charge is 0.490 e. The molecule has 19 heavy (non-hydrogen) atoms. The van der Waals surface area contributed by atoms with Crippen LogP contribution < -0.4 is 4.74 Å². The van der Waals surface area contributed by atoms with Crippen LogP contribution in [0.2, 0.25) is 0 Å². The molecule has 2 aromatic rings. The Labute approximate surface area is 113 Å². The van der Waals surface area contributed by atoms with Crippen molar-refractivity contribution in [1.29, 1.82) is 0 Å². The normalized spacial score (nSPS) is 14.2. The maximum atomic E-state index is 10.9. The molecule has 2 aromatic carbocycles. The fourth-order valence-corrected chi connectivity index (χ4v) is 2.12. The SMILES string of the molecule is Cc1ccc(C=O)cc1-c1ccc(OC2CC2)cc1. The number of aryl methyl sites for hydroxylation is 1. The fraction of sp³-hybridized carbons (Fsp3) is 0.235. The van der Waals surface area contributed by atoms with E-state index in [1.165, 1.54) is 18.4 Å². The average Bonchev–Trinajstić information content (AvgIpc) is 3.24. The topological polar surface area (TPSA) is 26.3 Å². The van der Waals surface area contributed by atoms with Crippen molar-refractivity contribution in [3.63, 3.8) is 0 Å². The van der Waals surface area contributed by atoms with Crippen molar-refractivity contribution in [1.82, 2.24) is 0 Å². The summed E-state index contributed by atoms with van der Waals surface area (Å²) in [5.41, 5.74) is 4.09. The Hall–Kier alpha value is -2.09. The van der Waals surface area contributed by atoms with Gasteiger partial charge in [-0.25, -0.2) is 0 Å². The number of rotatable bonds is 4. The first-order valence-electron chi connectivity index (χ1n) is 6.59. The summed E-state index contributed by atoms with van der Waals surface area (Å²) in [5, 5.41) is 0. The van der Waals surface area contributed by atoms with Gasteiger partial charge < -0.3 is 4.74 Å². The van der Waals surface area contributed by atoms with Gasteiger partial charge in [-0.1, -0.05) is 24.3 Å². The van der Waals surface area contributed by atoms with Crippen LogP contribution >= 0.6 is 0 Å². The van der Waals surface area contributed by atoms with Crippen LogP contribution in [0.3, 0.4) is 0 Å². The van der Waals surface area contributed by atoms with Crippen molar-refractivity contribution in [3.8, 4) is 16.9 Å². The summed E-state index contributed by atoms with van der Waals surface area (Å²) in [7, 11) is 0. The number of aldehydes is 1. The summed E-state index contributed by atoms with van der Waals surface area (Å²) < 4.78 is 5.74. The molecular weight excluding hydrogens is 236 g/mol. The van der Waals surface area contributed by atoms with Crippen molar-refractivity contribution >= 4 is 6.29 Å². The molecule has 1 fully saturated rings. The molecule has 0 N–H and O–H groups in total. The highest BCUT2D eigenvalue weighted by Gasteiger charge is 2.23. The van der Waals surface area contributed by atoms with Gasteiger partial charge in [0.15, 0.2) is 0 Å². The van der Waals surface area contributed by atoms with Gasteiger partial charge in [0, 0.05) is 5.56 Å². The fourth-order valence-electron chi connectivity index (χ4n) is 2.12. The summed E-state index contributed by atoms with van der Waals surface area (Å²) in [4.78, 5) is 10.9. The van der Waals surface area contributed by atoms with Crippen molar-refractivity contribution in [2.45, 2.75) is 25.9 Å². The highest BCUT2D eigenvalue weighted by Crippen LogP contribution is 2.30. The van der Waals surface area contributed by atoms with Gasteiger partial charge in [0.05, 0.1) is 6.10 Å². The van der Waals surface area contributed by atoms with Crippen LogP contribution in [0.1, 0.15) is 28.8 Å². The minimum Gasteiger partial charge on any atom is -0.490 e. The maximum Gasteiger partial charge on any atom is 0.150 e. The highest BCUT2D eigenvalue weighted by molar-refractivity contribution is 5.80. The lowest BCUT2D eigenvalue weighted by Crippen LogP contribution is -1.95. The summed E-state index contributed by atoms with van der Waals surface area (Å²) in [6.07, 6.45) is 3.64. The van der Waals surface area contributed by atoms with E-state index in [0.717, 1.165) is 23.2 Å². The van der Waals surface area contributed by atoms with Gasteiger partial charge in [0.25, 0.3) is 0 Å². The Morgan fingerprint density at radius 2 is 1.84 bits per heavy atom. The molecule has 2 heteroatoms. The molecule has 0 aromatic heterocycles. The second-order valence-electron chi connectivity index (χ2n) is 5.03. The van der Waals surface area contributed by atoms with Crippen molar-refractivity contribution in [2.75, 3.05) is 0 Å². The molecule has 0 radical (unpaired) electrons. The molecule has 0 aliphatic heterocycles. The van der Waals surface area contributed by atoms with Crippen LogP contribution in [0, 0.1) is 6.92 Å². The standard InChI is InChI=1S/C17H16O2/c1-12-2-3-13(11-18)10-17(12)14-4-6-15(7-5-14)19-16-8-9-16/h2-7,10-11,16H,8-9H2,1H3. The zero-order chi connectivity index (χ0) is 13.2. The van der Waals surface area contributed by atoms with Crippen LogP contribution in [0.5, 0.6) is 5.75 Å². The van der Waals surface area contributed by atoms with E-state index in [2.05, 4.69) is 19.1 Å². The van der Waals surface area contributed by atoms with Crippen LogP contribution in [-0.2, 0) is 0 Å². The molecule has 96 valence electrons. The number of ether oxygens (including phenoxy) is 1. The van der Waals surface area contributed by atoms with E-state index in [1.54, 1.807) is 0 Å². The summed E-state index contributed by atoms with van der Waals surface area (Å²) >= 11 is 0. The lowest BCUT2D eigenvalue weighted by atomic mass is 9.98. The molecule has 1 aliphatic carbocycles. The molecule has 0 heterocycles. The molecule has 2 nitrogen and oxygen atoms in total. The predicted octanol–water partition coefficient (Wildman–Crippen LogP) is 4.02. The first-order chi connectivity index (χ1) is 9.26. The van der Waals surface area contributed by atoms with Crippen molar-refractivity contribution in [2.24, 2.45) is 0 Å². The number of hydrogen-bond acceptors (Lipinski definition) is 2. The summed E-state index contributed by atoms with van der Waals surface area (Å²) in [6, 6.07) is 13.9. The summed E-state index contributed by atoms with van der Waals surface area (Å²) in [6.45, 7) is 2.05. The van der Waals surface area contributed by atoms with Crippen molar-refractivity contribution < 1.29 is 9.53 Å². The van der Waals surface area contributed by atoms with Gasteiger partial charge in [0.1, 0.15) is 12.0 Å². The minimum atomic E-state index is 0.422. The second kappa shape index (κ2) is 4.88. The molecule has 0 saturated heterocycles. The smallest absolute Gasteiger partial charge is 0.150 e. The molecule has 0 bridgehead atoms. The van der Waals surface area contributed by atoms with E-state index in [-0.39, 0.29) is 0 Å². The van der Waals surface area contributed by atoms with Crippen LogP contribution in [0.25, 0.3) is 11.1 Å². The summed E-state index contributed by atoms with van der Waals surface area (Å²) in [5.74, 6) is 0.926. The first-order valence-corrected chi connectivity index (χ1v) is 6.59. The van der Waals surface area contributed by atoms with Crippen LogP contribution in [0.15, 0.2) is 42.5 Å². The van der Waals surface area contributed by atoms with E-state index >= 15 is 0 Å². The molecule has 0 amide bonds. The number of carbonyl (C=O) groups excluding carboxylic acids is 1. The van der Waals surface area contributed by atoms with Gasteiger partial charge in [-0.2, -0.15) is 0 Å². The monoisotopic (exact) mass is 252 g/mol. The van der Waals surface area contributed by atoms with Gasteiger partial charge >= 0.3 is 0 Å². The molecule has 1 aliphatic rings. The van der Waals surface area contributed by atoms with E-state index < -0.39 is 0 Å². The maximum absolute atomic E-state index is 10.9. The van der Waals surface area contributed by atoms with Gasteiger partial charge in [-0.05, 0) is 54.7 Å². The van der Waals surface area contributed by atoms with Gasteiger partial charge in [0.2, 0.25) is 0 Å². The Bertz CT molecular complexity index is 595. The third-order valence-electron chi connectivity index (χ3n) is 3.39. The average molecular weight is 252 g/mol. The lowest BCUT2D eigenvalue weighted by Gasteiger charge is -2.09. The zero-order valence-corrected chi connectivity index (χ0v) is 10.9. The molecule has 0 atom stereocenters. The number of benzene rings is 2. The molecule has 0 unspecified atom stereocenters. The Kier molecular flexibility index (Phi) is 3.08. The van der Waals surface area contributed by atoms with E-state index in [9.17, 15) is 4.79 Å². The second-order valence-corrected chi connectivity index (χ2v) is 5.03. The molecule has 1 saturated carbocycles. The number of carbonyl (C=O) groups is 1. The molecular formula is C17H16O2. The lowest BCUT2D eigenvalue weighted by molar-refractivity contribution is 0.112. The Morgan fingerprint density at radius 3 is 2.47 bits per heavy atom. The quantitative estimate of drug-likeness (QED) is 0.768. The van der Waals surface area contributed by atoms with Gasteiger partial charge in [-0.3, -0.25) is 4.79 Å². The zero-order valence-electron chi connectivity index (χ0n) is 10.9. The van der Waals surface area contributed by atoms with Crippen molar-refractivity contribution in [3.05, 3.63) is 53.6 Å². The Balaban J connectivity index is 1.90. The number of hydrogen-bond donors (Lipinski definition) is 0. The van der Waals surface area contributed by atoms with Gasteiger partial charge in [-0.15, -0.1) is 0 Å².